The Balaban J connectivity index is 0.00000104. The Morgan fingerprint density at radius 1 is 0.977 bits per heavy atom. The first-order valence-electron chi connectivity index (χ1n) is 13.5. The van der Waals surface area contributed by atoms with Gasteiger partial charge in [0, 0.05) is 48.9 Å². The summed E-state index contributed by atoms with van der Waals surface area (Å²) in [4.78, 5) is 36.4. The number of piperidine rings is 1. The number of carbonyl (C=O) groups is 2. The molecule has 1 aliphatic rings. The Labute approximate surface area is 261 Å². The number of anilines is 1. The van der Waals surface area contributed by atoms with Crippen LogP contribution in [0.3, 0.4) is 0 Å². The van der Waals surface area contributed by atoms with Crippen molar-refractivity contribution in [2.45, 2.75) is 38.4 Å². The molecule has 0 spiro atoms. The summed E-state index contributed by atoms with van der Waals surface area (Å²) in [6, 6.07) is 14.3. The molecule has 8 nitrogen and oxygen atoms in total. The van der Waals surface area contributed by atoms with Crippen LogP contribution >= 0.6 is 23.2 Å². The van der Waals surface area contributed by atoms with Gasteiger partial charge in [0.05, 0.1) is 10.6 Å². The molecule has 4 aromatic rings. The molecule has 2 aromatic heterocycles. The van der Waals surface area contributed by atoms with Crippen molar-refractivity contribution in [2.75, 3.05) is 18.4 Å². The molecule has 0 unspecified atom stereocenters. The molecular formula is C31H28Cl2F3N5O3. The molecule has 0 saturated carbocycles. The fraction of sp³-hybridized carbons (Fsp3) is 0.258. The number of benzene rings is 2. The molecular weight excluding hydrogens is 618 g/mol. The molecule has 0 aliphatic carbocycles. The quantitative estimate of drug-likeness (QED) is 0.208. The van der Waals surface area contributed by atoms with Gasteiger partial charge in [-0.25, -0.2) is 15.0 Å². The fourth-order valence-electron chi connectivity index (χ4n) is 4.81. The highest BCUT2D eigenvalue weighted by atomic mass is 35.5. The average Bonchev–Trinajstić information content (AvgIpc) is 2.98. The molecule has 1 saturated heterocycles. The molecule has 2 aromatic carbocycles. The number of amides is 1. The highest BCUT2D eigenvalue weighted by molar-refractivity contribution is 6.30. The molecule has 44 heavy (non-hydrogen) atoms. The van der Waals surface area contributed by atoms with E-state index >= 15 is 0 Å². The zero-order valence-electron chi connectivity index (χ0n) is 23.5. The Kier molecular flexibility index (Phi) is 10.9. The number of nitrogens with zero attached hydrogens (tertiary/aromatic N) is 4. The van der Waals surface area contributed by atoms with Gasteiger partial charge in [0.25, 0.3) is 11.9 Å². The van der Waals surface area contributed by atoms with Crippen LogP contribution in [0.1, 0.15) is 52.7 Å². The standard InChI is InChI=1S/C29H24Cl2F3N5O.C2H4O2/c30-23-15-36-27(37-16-23)20-3-1-18(2-4-20)17-39-11-8-19(9-12-39)24-14-22(29(32,33)34)5-6-25(24)38-28(40)21-7-10-35-26(31)13-21;1-2(3)4/h1-7,10,13-16,19H,8-9,11-12,17H2,(H,38,40);1H3,(H,3,4). The van der Waals surface area contributed by atoms with Gasteiger partial charge in [-0.05, 0) is 73.3 Å². The summed E-state index contributed by atoms with van der Waals surface area (Å²) in [5.41, 5.74) is 2.38. The number of pyridine rings is 1. The van der Waals surface area contributed by atoms with E-state index in [1.807, 2.05) is 24.3 Å². The first-order chi connectivity index (χ1) is 20.9. The molecule has 13 heteroatoms. The predicted octanol–water partition coefficient (Wildman–Crippen LogP) is 7.59. The number of nitrogens with one attached hydrogen (secondary N) is 1. The van der Waals surface area contributed by atoms with Crippen LogP contribution in [0.4, 0.5) is 18.9 Å². The van der Waals surface area contributed by atoms with Crippen LogP contribution < -0.4 is 5.32 Å². The topological polar surface area (TPSA) is 108 Å². The normalized spacial score (nSPS) is 14.0. The first kappa shape index (κ1) is 32.8. The van der Waals surface area contributed by atoms with Crippen molar-refractivity contribution >= 4 is 40.8 Å². The van der Waals surface area contributed by atoms with Gasteiger partial charge in [-0.3, -0.25) is 14.5 Å². The molecule has 0 atom stereocenters. The smallest absolute Gasteiger partial charge is 0.416 e. The van der Waals surface area contributed by atoms with E-state index < -0.39 is 23.6 Å². The lowest BCUT2D eigenvalue weighted by molar-refractivity contribution is -0.137. The fourth-order valence-corrected chi connectivity index (χ4v) is 5.08. The Bertz CT molecular complexity index is 1590. The lowest BCUT2D eigenvalue weighted by Gasteiger charge is -2.33. The number of hydrogen-bond donors (Lipinski definition) is 2. The van der Waals surface area contributed by atoms with Crippen LogP contribution in [0.25, 0.3) is 11.4 Å². The molecule has 1 fully saturated rings. The zero-order chi connectivity index (χ0) is 31.9. The van der Waals surface area contributed by atoms with Crippen molar-refractivity contribution in [3.8, 4) is 11.4 Å². The van der Waals surface area contributed by atoms with Gasteiger partial charge in [0.1, 0.15) is 5.15 Å². The molecule has 3 heterocycles. The minimum Gasteiger partial charge on any atom is -0.481 e. The zero-order valence-corrected chi connectivity index (χ0v) is 25.0. The maximum absolute atomic E-state index is 13.6. The van der Waals surface area contributed by atoms with Crippen molar-refractivity contribution in [1.82, 2.24) is 19.9 Å². The third kappa shape index (κ3) is 9.22. The molecule has 0 bridgehead atoms. The van der Waals surface area contributed by atoms with Crippen LogP contribution in [0.2, 0.25) is 10.2 Å². The van der Waals surface area contributed by atoms with E-state index in [1.54, 1.807) is 12.4 Å². The van der Waals surface area contributed by atoms with Gasteiger partial charge in [-0.1, -0.05) is 47.5 Å². The predicted molar refractivity (Wildman–Crippen MR) is 162 cm³/mol. The van der Waals surface area contributed by atoms with Gasteiger partial charge in [0.15, 0.2) is 5.82 Å². The number of aliphatic carboxylic acids is 1. The number of hydrogen-bond acceptors (Lipinski definition) is 6. The van der Waals surface area contributed by atoms with Crippen LogP contribution in [0, 0.1) is 0 Å². The second-order valence-electron chi connectivity index (χ2n) is 10.1. The van der Waals surface area contributed by atoms with E-state index in [4.69, 9.17) is 33.1 Å². The van der Waals surface area contributed by atoms with E-state index in [1.165, 1.54) is 24.4 Å². The summed E-state index contributed by atoms with van der Waals surface area (Å²) < 4.78 is 40.7. The molecule has 0 radical (unpaired) electrons. The lowest BCUT2D eigenvalue weighted by atomic mass is 9.87. The molecule has 230 valence electrons. The van der Waals surface area contributed by atoms with E-state index in [0.29, 0.717) is 54.6 Å². The van der Waals surface area contributed by atoms with Gasteiger partial charge in [0.2, 0.25) is 0 Å². The largest absolute Gasteiger partial charge is 0.481 e. The van der Waals surface area contributed by atoms with Crippen molar-refractivity contribution in [1.29, 1.82) is 0 Å². The van der Waals surface area contributed by atoms with Gasteiger partial charge in [-0.2, -0.15) is 13.2 Å². The summed E-state index contributed by atoms with van der Waals surface area (Å²) in [5.74, 6) is -0.845. The number of carbonyl (C=O) groups excluding carboxylic acids is 1. The molecule has 1 aliphatic heterocycles. The van der Waals surface area contributed by atoms with Gasteiger partial charge < -0.3 is 10.4 Å². The number of likely N-dealkylation sites (tertiary alicyclic amines) is 1. The van der Waals surface area contributed by atoms with E-state index in [2.05, 4.69) is 25.2 Å². The Hall–Kier alpha value is -4.06. The third-order valence-electron chi connectivity index (χ3n) is 6.88. The van der Waals surface area contributed by atoms with E-state index in [9.17, 15) is 18.0 Å². The Morgan fingerprint density at radius 2 is 1.61 bits per heavy atom. The Morgan fingerprint density at radius 3 is 2.20 bits per heavy atom. The average molecular weight is 646 g/mol. The maximum Gasteiger partial charge on any atom is 0.416 e. The number of halogens is 5. The van der Waals surface area contributed by atoms with Crippen LogP contribution in [-0.2, 0) is 17.5 Å². The number of aromatic nitrogens is 3. The van der Waals surface area contributed by atoms with Crippen LogP contribution in [0.5, 0.6) is 0 Å². The van der Waals surface area contributed by atoms with E-state index in [0.717, 1.165) is 30.2 Å². The first-order valence-corrected chi connectivity index (χ1v) is 14.3. The van der Waals surface area contributed by atoms with Crippen LogP contribution in [0.15, 0.2) is 73.2 Å². The second-order valence-corrected chi connectivity index (χ2v) is 10.9. The van der Waals surface area contributed by atoms with Gasteiger partial charge in [-0.15, -0.1) is 0 Å². The second kappa shape index (κ2) is 14.6. The monoisotopic (exact) mass is 645 g/mol. The van der Waals surface area contributed by atoms with Crippen molar-refractivity contribution < 1.29 is 27.9 Å². The molecule has 2 N–H and O–H groups in total. The minimum absolute atomic E-state index is 0.140. The van der Waals surface area contributed by atoms with E-state index in [-0.39, 0.29) is 16.6 Å². The maximum atomic E-state index is 13.6. The van der Waals surface area contributed by atoms with Crippen LogP contribution in [-0.4, -0.2) is 49.9 Å². The highest BCUT2D eigenvalue weighted by Crippen LogP contribution is 2.38. The van der Waals surface area contributed by atoms with Crippen molar-refractivity contribution in [3.05, 3.63) is 106 Å². The summed E-state index contributed by atoms with van der Waals surface area (Å²) in [6.07, 6.45) is 1.33. The highest BCUT2D eigenvalue weighted by Gasteiger charge is 2.33. The SMILES string of the molecule is CC(=O)O.O=C(Nc1ccc(C(F)(F)F)cc1C1CCN(Cc2ccc(-c3ncc(Cl)cn3)cc2)CC1)c1ccnc(Cl)c1. The number of rotatable bonds is 6. The number of carboxylic acids is 1. The van der Waals surface area contributed by atoms with Crippen molar-refractivity contribution in [3.63, 3.8) is 0 Å². The summed E-state index contributed by atoms with van der Waals surface area (Å²) >= 11 is 11.8. The summed E-state index contributed by atoms with van der Waals surface area (Å²) in [6.45, 7) is 3.20. The third-order valence-corrected chi connectivity index (χ3v) is 7.28. The number of carboxylic acid groups (broad SMARTS) is 1. The van der Waals surface area contributed by atoms with Crippen molar-refractivity contribution in [2.24, 2.45) is 0 Å². The minimum atomic E-state index is -4.49. The summed E-state index contributed by atoms with van der Waals surface area (Å²) in [5, 5.41) is 10.8. The lowest BCUT2D eigenvalue weighted by Crippen LogP contribution is -2.32. The molecule has 5 rings (SSSR count). The molecule has 1 amide bonds. The number of alkyl halides is 3. The van der Waals surface area contributed by atoms with Gasteiger partial charge >= 0.3 is 6.18 Å². The summed E-state index contributed by atoms with van der Waals surface area (Å²) in [7, 11) is 0.